The number of carbonyl (C=O) groups is 1. The molecule has 1 aliphatic rings. The van der Waals surface area contributed by atoms with Gasteiger partial charge < -0.3 is 15.7 Å². The molecule has 0 saturated heterocycles. The molecule has 0 radical (unpaired) electrons. The van der Waals surface area contributed by atoms with Crippen molar-refractivity contribution in [3.63, 3.8) is 0 Å². The molecule has 3 aromatic rings. The van der Waals surface area contributed by atoms with Crippen LogP contribution in [0.1, 0.15) is 21.5 Å². The third kappa shape index (κ3) is 4.63. The quantitative estimate of drug-likeness (QED) is 0.340. The van der Waals surface area contributed by atoms with Crippen LogP contribution in [-0.2, 0) is 0 Å². The maximum Gasteiger partial charge on any atom is 0.199 e. The van der Waals surface area contributed by atoms with Crippen molar-refractivity contribution in [2.75, 3.05) is 24.8 Å². The SMILES string of the molecule is O=C1C(=C(NCCCl)c2ccccc2)C(O)=c2c1cccc2=C(NCCCl)c1ccccc1. The zero-order valence-corrected chi connectivity index (χ0v) is 19.5. The topological polar surface area (TPSA) is 61.4 Å². The molecule has 4 rings (SSSR count). The summed E-state index contributed by atoms with van der Waals surface area (Å²) in [5.74, 6) is 0.513. The lowest BCUT2D eigenvalue weighted by atomic mass is 10.0. The second-order valence-corrected chi connectivity index (χ2v) is 8.25. The minimum absolute atomic E-state index is 0.0485. The van der Waals surface area contributed by atoms with Gasteiger partial charge in [0.05, 0.1) is 11.3 Å². The van der Waals surface area contributed by atoms with E-state index in [0.29, 0.717) is 41.3 Å². The summed E-state index contributed by atoms with van der Waals surface area (Å²) in [6, 6.07) is 24.8. The first-order valence-corrected chi connectivity index (χ1v) is 11.8. The summed E-state index contributed by atoms with van der Waals surface area (Å²) >= 11 is 11.9. The van der Waals surface area contributed by atoms with E-state index in [9.17, 15) is 9.90 Å². The van der Waals surface area contributed by atoms with Gasteiger partial charge in [-0.25, -0.2) is 0 Å². The number of hydrogen-bond donors (Lipinski definition) is 3. The molecule has 6 heteroatoms. The average Bonchev–Trinajstić information content (AvgIpc) is 3.12. The zero-order chi connectivity index (χ0) is 23.2. The van der Waals surface area contributed by atoms with Crippen molar-refractivity contribution in [3.05, 3.63) is 112 Å². The first-order valence-electron chi connectivity index (χ1n) is 10.7. The van der Waals surface area contributed by atoms with E-state index in [2.05, 4.69) is 10.6 Å². The second-order valence-electron chi connectivity index (χ2n) is 7.49. The Balaban J connectivity index is 2.05. The molecule has 0 heterocycles. The molecule has 4 nitrogen and oxygen atoms in total. The van der Waals surface area contributed by atoms with E-state index in [0.717, 1.165) is 22.0 Å². The standard InChI is InChI=1S/C27H24Cl2N2O2/c28-14-16-30-24(18-8-3-1-4-9-18)20-12-7-13-21-22(20)27(33)23(26(21)32)25(31-17-15-29)19-10-5-2-6-11-19/h1-13,30-31,33H,14-17H2. The van der Waals surface area contributed by atoms with Crippen LogP contribution < -0.4 is 21.1 Å². The Hall–Kier alpha value is -3.21. The van der Waals surface area contributed by atoms with E-state index in [4.69, 9.17) is 23.2 Å². The Morgan fingerprint density at radius 3 is 1.85 bits per heavy atom. The molecule has 0 aromatic heterocycles. The minimum atomic E-state index is -0.227. The monoisotopic (exact) mass is 478 g/mol. The van der Waals surface area contributed by atoms with Gasteiger partial charge in [-0.05, 0) is 11.1 Å². The lowest BCUT2D eigenvalue weighted by Gasteiger charge is -2.13. The molecule has 0 saturated carbocycles. The number of carbonyl (C=O) groups excluding carboxylic acids is 1. The number of alkyl halides is 2. The number of aliphatic hydroxyl groups is 1. The molecule has 1 aliphatic carbocycles. The van der Waals surface area contributed by atoms with Gasteiger partial charge in [-0.1, -0.05) is 78.9 Å². The number of halogens is 2. The van der Waals surface area contributed by atoms with E-state index in [-0.39, 0.29) is 17.1 Å². The fourth-order valence-corrected chi connectivity index (χ4v) is 4.23. The Labute approximate surface area is 202 Å². The van der Waals surface area contributed by atoms with Crippen molar-refractivity contribution >= 4 is 46.1 Å². The average molecular weight is 479 g/mol. The number of benzene rings is 3. The molecule has 0 aliphatic heterocycles. The Kier molecular flexibility index (Phi) is 7.38. The number of aliphatic hydroxyl groups excluding tert-OH is 1. The second kappa shape index (κ2) is 10.6. The number of ketones is 1. The number of fused-ring (bicyclic) bond motifs is 1. The summed E-state index contributed by atoms with van der Waals surface area (Å²) in [5, 5.41) is 19.3. The van der Waals surface area contributed by atoms with Crippen LogP contribution in [0.5, 0.6) is 0 Å². The summed E-state index contributed by atoms with van der Waals surface area (Å²) < 4.78 is 0. The van der Waals surface area contributed by atoms with Gasteiger partial charge in [0.2, 0.25) is 0 Å². The molecule has 3 N–H and O–H groups in total. The fourth-order valence-electron chi connectivity index (χ4n) is 4.05. The van der Waals surface area contributed by atoms with Crippen LogP contribution >= 0.6 is 23.2 Å². The molecule has 0 bridgehead atoms. The fraction of sp³-hybridized carbons (Fsp3) is 0.148. The molecule has 0 fully saturated rings. The van der Waals surface area contributed by atoms with E-state index in [1.165, 1.54) is 0 Å². The van der Waals surface area contributed by atoms with Gasteiger partial charge in [0.15, 0.2) is 5.78 Å². The van der Waals surface area contributed by atoms with Crippen molar-refractivity contribution in [3.8, 4) is 0 Å². The Bertz CT molecular complexity index is 1300. The van der Waals surface area contributed by atoms with E-state index in [1.54, 1.807) is 6.07 Å². The predicted octanol–water partition coefficient (Wildman–Crippen LogP) is 3.77. The van der Waals surface area contributed by atoms with Crippen molar-refractivity contribution in [1.29, 1.82) is 0 Å². The first kappa shape index (κ1) is 23.0. The van der Waals surface area contributed by atoms with E-state index >= 15 is 0 Å². The van der Waals surface area contributed by atoms with Crippen LogP contribution in [0.15, 0.2) is 84.4 Å². The van der Waals surface area contributed by atoms with E-state index in [1.807, 2.05) is 72.8 Å². The van der Waals surface area contributed by atoms with Crippen molar-refractivity contribution in [2.45, 2.75) is 0 Å². The van der Waals surface area contributed by atoms with Gasteiger partial charge in [0.25, 0.3) is 0 Å². The summed E-state index contributed by atoms with van der Waals surface area (Å²) in [4.78, 5) is 13.5. The smallest absolute Gasteiger partial charge is 0.199 e. The van der Waals surface area contributed by atoms with Crippen LogP contribution in [0.25, 0.3) is 17.2 Å². The van der Waals surface area contributed by atoms with Gasteiger partial charge >= 0.3 is 0 Å². The zero-order valence-electron chi connectivity index (χ0n) is 17.9. The largest absolute Gasteiger partial charge is 0.506 e. The number of Topliss-reactive ketones (excluding diaryl/α,β-unsaturated/α-hetero) is 1. The van der Waals surface area contributed by atoms with E-state index < -0.39 is 0 Å². The summed E-state index contributed by atoms with van der Waals surface area (Å²) in [6.45, 7) is 0.997. The van der Waals surface area contributed by atoms with Crippen LogP contribution in [0, 0.1) is 0 Å². The third-order valence-corrected chi connectivity index (χ3v) is 5.82. The number of hydrogen-bond acceptors (Lipinski definition) is 4. The highest BCUT2D eigenvalue weighted by atomic mass is 35.5. The van der Waals surface area contributed by atoms with Crippen LogP contribution in [0.3, 0.4) is 0 Å². The highest BCUT2D eigenvalue weighted by Gasteiger charge is 2.31. The lowest BCUT2D eigenvalue weighted by Crippen LogP contribution is -2.35. The Morgan fingerprint density at radius 1 is 0.727 bits per heavy atom. The van der Waals surface area contributed by atoms with Gasteiger partial charge in [0, 0.05) is 46.5 Å². The molecule has 0 spiro atoms. The van der Waals surface area contributed by atoms with Crippen LogP contribution in [0.2, 0.25) is 0 Å². The molecule has 0 amide bonds. The minimum Gasteiger partial charge on any atom is -0.506 e. The highest BCUT2D eigenvalue weighted by Crippen LogP contribution is 2.27. The molecule has 33 heavy (non-hydrogen) atoms. The summed E-state index contributed by atoms with van der Waals surface area (Å²) in [6.07, 6.45) is 0. The lowest BCUT2D eigenvalue weighted by molar-refractivity contribution is 0.104. The molecular weight excluding hydrogens is 455 g/mol. The number of nitrogens with one attached hydrogen (secondary N) is 2. The normalized spacial score (nSPS) is 15.2. The van der Waals surface area contributed by atoms with Crippen molar-refractivity contribution in [1.82, 2.24) is 10.6 Å². The van der Waals surface area contributed by atoms with Crippen molar-refractivity contribution < 1.29 is 9.90 Å². The molecule has 0 atom stereocenters. The van der Waals surface area contributed by atoms with Crippen molar-refractivity contribution in [2.24, 2.45) is 0 Å². The molecule has 168 valence electrons. The maximum absolute atomic E-state index is 13.5. The summed E-state index contributed by atoms with van der Waals surface area (Å²) in [5.41, 5.74) is 3.83. The molecule has 0 unspecified atom stereocenters. The maximum atomic E-state index is 13.5. The Morgan fingerprint density at radius 2 is 1.27 bits per heavy atom. The highest BCUT2D eigenvalue weighted by molar-refractivity contribution is 6.24. The van der Waals surface area contributed by atoms with Crippen LogP contribution in [-0.4, -0.2) is 35.7 Å². The van der Waals surface area contributed by atoms with Gasteiger partial charge in [-0.15, -0.1) is 23.2 Å². The first-order chi connectivity index (χ1) is 16.2. The van der Waals surface area contributed by atoms with Gasteiger partial charge in [0.1, 0.15) is 5.76 Å². The third-order valence-electron chi connectivity index (χ3n) is 5.45. The molecular formula is C27H24Cl2N2O2. The summed E-state index contributed by atoms with van der Waals surface area (Å²) in [7, 11) is 0. The predicted molar refractivity (Wildman–Crippen MR) is 136 cm³/mol. The molecule has 3 aromatic carbocycles. The van der Waals surface area contributed by atoms with Gasteiger partial charge in [-0.3, -0.25) is 4.79 Å². The van der Waals surface area contributed by atoms with Gasteiger partial charge in [-0.2, -0.15) is 0 Å². The van der Waals surface area contributed by atoms with Crippen LogP contribution in [0.4, 0.5) is 0 Å². The number of rotatable bonds is 8.